The van der Waals surface area contributed by atoms with Gasteiger partial charge in [-0.25, -0.2) is 9.59 Å². The SMILES string of the molecule is CC(C)(C)[Si](C)(C)OS(=O)(=O)C(F)(F)F.CCCCC[C@@H](CC[C@@H]1[C@H]2Cc3cccc(OCC(=O)OCc4ccccc4)c3C[C@H]2C[C@H]1O[Si](C)(C)C(C)(C)C)O[Si](C)(C)C(C)(C)C.CCCCC[C@H](O)CC[C@@H]1[C@H]2Cc3cccc(OCC(=O)OCc4ccccc4)c3C[C@H]2C[C@H]1O.ClCCl. The third-order valence-corrected chi connectivity index (χ3v) is 38.5. The fourth-order valence-corrected chi connectivity index (χ4v) is 20.2. The number of fused-ring (bicyclic) bond motifs is 4. The van der Waals surface area contributed by atoms with Crippen molar-refractivity contribution in [3.63, 3.8) is 0 Å². The molecule has 8 rings (SSSR count). The normalized spacial score (nSPS) is 21.2. The number of alkyl halides is 5. The van der Waals surface area contributed by atoms with Crippen LogP contribution in [0, 0.1) is 35.5 Å². The maximum atomic E-state index is 12.6. The quantitative estimate of drug-likeness (QED) is 0.0166. The predicted octanol–water partition coefficient (Wildman–Crippen LogP) is 20.8. The molecule has 2 saturated carbocycles. The minimum Gasteiger partial charge on any atom is -0.482 e. The van der Waals surface area contributed by atoms with E-state index in [0.717, 1.165) is 118 Å². The predicted molar refractivity (Wildman–Crippen MR) is 414 cm³/mol. The molecule has 0 aliphatic heterocycles. The van der Waals surface area contributed by atoms with Crippen molar-refractivity contribution in [2.75, 3.05) is 18.6 Å². The van der Waals surface area contributed by atoms with Crippen molar-refractivity contribution in [3.05, 3.63) is 130 Å². The van der Waals surface area contributed by atoms with E-state index in [9.17, 15) is 41.4 Å². The number of carbonyl (C=O) groups excluding carboxylic acids is 2. The number of aliphatic hydroxyl groups is 2. The van der Waals surface area contributed by atoms with Crippen LogP contribution < -0.4 is 9.47 Å². The molecule has 4 aliphatic carbocycles. The van der Waals surface area contributed by atoms with Gasteiger partial charge in [-0.3, -0.25) is 0 Å². The molecule has 0 bridgehead atoms. The fraction of sp³-hybridized carbons (Fsp3) is 0.675. The van der Waals surface area contributed by atoms with Crippen LogP contribution in [0.1, 0.15) is 199 Å². The Bertz CT molecular complexity index is 3290. The highest BCUT2D eigenvalue weighted by Crippen LogP contribution is 2.53. The van der Waals surface area contributed by atoms with E-state index in [2.05, 4.69) is 104 Å². The summed E-state index contributed by atoms with van der Waals surface area (Å²) < 4.78 is 99.6. The number of rotatable bonds is 30. The molecule has 4 aromatic rings. The maximum absolute atomic E-state index is 12.6. The van der Waals surface area contributed by atoms with Crippen LogP contribution >= 0.6 is 23.2 Å². The van der Waals surface area contributed by atoms with E-state index in [1.54, 1.807) is 20.8 Å². The average molecular weight is 1540 g/mol. The third-order valence-electron chi connectivity index (χ3n) is 22.7. The van der Waals surface area contributed by atoms with Crippen molar-refractivity contribution >= 4 is 70.2 Å². The van der Waals surface area contributed by atoms with Gasteiger partial charge in [0.05, 0.1) is 17.5 Å². The second-order valence-electron chi connectivity index (χ2n) is 33.2. The monoisotopic (exact) mass is 1540 g/mol. The standard InChI is InChI=1S/C42H68O5Si2.C30H40O5.C7H15F3O3SSi.CH2Cl2/c1-12-13-15-22-34(46-48(8,9)41(2,3)4)24-25-35-36-26-32-21-18-23-38(44-30-40(43)45-29-31-19-16-14-17-20-31)37(32)27-33(36)28-39(35)47-49(10,11)42(5,6)7;1-2-3-5-12-24(31)14-15-25-26-16-22-11-8-13-29(27(22)17-23(26)18-28(25)32)34-20-30(33)35-19-21-9-6-4-7-10-21;1-6(2,3)15(4,5)13-14(11,12)7(8,9)10;2-1-3/h14,16-21,23,33-36,39H,12-13,15,22,24-30H2,1-11H3;4,6-11,13,23-26,28,31-32H,2-3,5,12,14-20H2,1H3;1-5H3;1H2/t33-,34-,35+,36-,39+;23-,24-,25+,26-,28+;;/m00../s1. The number of hydrogen-bond donors (Lipinski definition) is 2. The van der Waals surface area contributed by atoms with E-state index < -0.39 is 45.6 Å². The van der Waals surface area contributed by atoms with E-state index in [0.29, 0.717) is 35.7 Å². The molecule has 0 amide bonds. The van der Waals surface area contributed by atoms with Gasteiger partial charge in [0.1, 0.15) is 24.7 Å². The lowest BCUT2D eigenvalue weighted by molar-refractivity contribution is -0.148. The molecule has 576 valence electrons. The number of hydrogen-bond acceptors (Lipinski definition) is 13. The summed E-state index contributed by atoms with van der Waals surface area (Å²) in [7, 11) is -12.3. The third kappa shape index (κ3) is 26.8. The molecule has 102 heavy (non-hydrogen) atoms. The zero-order valence-electron chi connectivity index (χ0n) is 64.5. The molecular formula is C80H125Cl2F3O13SSi3. The lowest BCUT2D eigenvalue weighted by Crippen LogP contribution is -2.46. The van der Waals surface area contributed by atoms with Crippen LogP contribution in [0.5, 0.6) is 11.5 Å². The summed E-state index contributed by atoms with van der Waals surface area (Å²) >= 11 is 9.53. The molecule has 2 N–H and O–H groups in total. The van der Waals surface area contributed by atoms with Crippen molar-refractivity contribution in [3.8, 4) is 11.5 Å². The van der Waals surface area contributed by atoms with E-state index in [-0.39, 0.29) is 78.0 Å². The number of unbranched alkanes of at least 4 members (excludes halogenated alkanes) is 4. The first kappa shape index (κ1) is 88.8. The number of aliphatic hydroxyl groups excluding tert-OH is 2. The number of carbonyl (C=O) groups is 2. The number of ether oxygens (including phenoxy) is 4. The van der Waals surface area contributed by atoms with Gasteiger partial charge >= 0.3 is 27.6 Å². The Hall–Kier alpha value is -3.81. The van der Waals surface area contributed by atoms with E-state index in [1.807, 2.05) is 78.9 Å². The molecule has 22 heteroatoms. The average Bonchev–Trinajstić information content (AvgIpc) is 1.60. The Morgan fingerprint density at radius 3 is 1.43 bits per heavy atom. The molecule has 2 fully saturated rings. The highest BCUT2D eigenvalue weighted by atomic mass is 35.5. The van der Waals surface area contributed by atoms with Gasteiger partial charge in [0, 0.05) is 12.2 Å². The summed E-state index contributed by atoms with van der Waals surface area (Å²) in [5.74, 6) is 3.59. The lowest BCUT2D eigenvalue weighted by Gasteiger charge is -2.42. The molecule has 0 saturated heterocycles. The molecule has 0 heterocycles. The summed E-state index contributed by atoms with van der Waals surface area (Å²) in [5, 5.41) is 21.2. The molecule has 0 radical (unpaired) electrons. The zero-order chi connectivity index (χ0) is 76.1. The smallest absolute Gasteiger partial charge is 0.482 e. The minimum atomic E-state index is -5.48. The highest BCUT2D eigenvalue weighted by molar-refractivity contribution is 7.88. The number of halogens is 5. The highest BCUT2D eigenvalue weighted by Gasteiger charge is 2.54. The summed E-state index contributed by atoms with van der Waals surface area (Å²) in [6, 6.07) is 31.9. The van der Waals surface area contributed by atoms with Crippen molar-refractivity contribution < 1.29 is 73.1 Å². The molecule has 0 spiro atoms. The van der Waals surface area contributed by atoms with Crippen LogP contribution in [0.2, 0.25) is 54.4 Å². The molecule has 0 unspecified atom stereocenters. The topological polar surface area (TPSA) is 173 Å². The van der Waals surface area contributed by atoms with Crippen molar-refractivity contribution in [2.24, 2.45) is 35.5 Å². The first-order valence-corrected chi connectivity index (χ1v) is 48.5. The van der Waals surface area contributed by atoms with Gasteiger partial charge in [0.15, 0.2) is 29.8 Å². The second-order valence-corrected chi connectivity index (χ2v) is 50.1. The van der Waals surface area contributed by atoms with Crippen LogP contribution in [0.4, 0.5) is 13.2 Å². The maximum Gasteiger partial charge on any atom is 0.522 e. The number of esters is 2. The van der Waals surface area contributed by atoms with Crippen LogP contribution in [0.15, 0.2) is 97.1 Å². The van der Waals surface area contributed by atoms with Crippen molar-refractivity contribution in [1.82, 2.24) is 0 Å². The Morgan fingerprint density at radius 1 is 0.559 bits per heavy atom. The minimum absolute atomic E-state index is 0.0786. The Labute approximate surface area is 624 Å². The van der Waals surface area contributed by atoms with Gasteiger partial charge < -0.3 is 41.9 Å². The number of benzene rings is 4. The van der Waals surface area contributed by atoms with E-state index >= 15 is 0 Å². The molecule has 10 atom stereocenters. The summed E-state index contributed by atoms with van der Waals surface area (Å²) in [5.41, 5.74) is 1.63. The summed E-state index contributed by atoms with van der Waals surface area (Å²) in [4.78, 5) is 24.9. The van der Waals surface area contributed by atoms with Gasteiger partial charge in [0.2, 0.25) is 8.32 Å². The summed E-state index contributed by atoms with van der Waals surface area (Å²) in [6.07, 6.45) is 18.8. The molecule has 4 aromatic carbocycles. The van der Waals surface area contributed by atoms with Gasteiger partial charge in [-0.05, 0) is 212 Å². The van der Waals surface area contributed by atoms with Crippen LogP contribution in [0.25, 0.3) is 0 Å². The largest absolute Gasteiger partial charge is 0.522 e. The van der Waals surface area contributed by atoms with Gasteiger partial charge in [-0.2, -0.15) is 21.6 Å². The first-order chi connectivity index (χ1) is 47.6. The molecule has 13 nitrogen and oxygen atoms in total. The van der Waals surface area contributed by atoms with E-state index in [4.69, 9.17) is 51.0 Å². The lowest BCUT2D eigenvalue weighted by atomic mass is 9.73. The molecule has 4 aliphatic rings. The van der Waals surface area contributed by atoms with Gasteiger partial charge in [0.25, 0.3) is 0 Å². The molecular weight excluding hydrogens is 1410 g/mol. The van der Waals surface area contributed by atoms with Gasteiger partial charge in [-0.1, -0.05) is 200 Å². The summed E-state index contributed by atoms with van der Waals surface area (Å²) in [6.45, 7) is 36.4. The second kappa shape index (κ2) is 39.9. The molecule has 0 aromatic heterocycles. The first-order valence-electron chi connectivity index (χ1n) is 37.3. The van der Waals surface area contributed by atoms with Crippen molar-refractivity contribution in [2.45, 2.75) is 289 Å². The Kier molecular flexibility index (Phi) is 34.7. The fourth-order valence-electron chi connectivity index (χ4n) is 13.8. The van der Waals surface area contributed by atoms with Crippen LogP contribution in [0.3, 0.4) is 0 Å². The van der Waals surface area contributed by atoms with E-state index in [1.165, 1.54) is 55.5 Å². The van der Waals surface area contributed by atoms with Crippen LogP contribution in [-0.4, -0.2) is 104 Å². The Balaban J connectivity index is 0.000000306. The van der Waals surface area contributed by atoms with Crippen molar-refractivity contribution in [1.29, 1.82) is 0 Å². The van der Waals surface area contributed by atoms with Gasteiger partial charge in [-0.15, -0.1) is 23.2 Å². The zero-order valence-corrected chi connectivity index (χ0v) is 69.8. The Morgan fingerprint density at radius 2 is 0.990 bits per heavy atom. The van der Waals surface area contributed by atoms with Crippen LogP contribution in [-0.2, 0) is 80.8 Å².